The summed E-state index contributed by atoms with van der Waals surface area (Å²) in [7, 11) is -2.89. The van der Waals surface area contributed by atoms with Crippen LogP contribution < -0.4 is 9.42 Å². The third-order valence-electron chi connectivity index (χ3n) is 5.39. The molecule has 0 aliphatic carbocycles. The van der Waals surface area contributed by atoms with Crippen LogP contribution in [0.25, 0.3) is 0 Å². The maximum atomic E-state index is 11.2. The number of hydrogen-bond acceptors (Lipinski definition) is 5. The predicted octanol–water partition coefficient (Wildman–Crippen LogP) is 8.58. The quantitative estimate of drug-likeness (QED) is 0.136. The number of hydrogen-bond donors (Lipinski definition) is 0. The summed E-state index contributed by atoms with van der Waals surface area (Å²) in [6, 6.07) is 4.24. The fourth-order valence-corrected chi connectivity index (χ4v) is 6.02. The Labute approximate surface area is 200 Å². The van der Waals surface area contributed by atoms with Crippen LogP contribution in [0, 0.1) is 6.92 Å². The van der Waals surface area contributed by atoms with Crippen LogP contribution in [-0.4, -0.2) is 11.5 Å². The van der Waals surface area contributed by atoms with Crippen molar-refractivity contribution in [3.8, 4) is 5.75 Å². The third-order valence-corrected chi connectivity index (χ3v) is 7.93. The van der Waals surface area contributed by atoms with Gasteiger partial charge in [0.25, 0.3) is 0 Å². The molecule has 31 heavy (non-hydrogen) atoms. The van der Waals surface area contributed by atoms with Gasteiger partial charge in [0.15, 0.2) is 5.75 Å². The molecule has 0 saturated carbocycles. The summed E-state index contributed by atoms with van der Waals surface area (Å²) in [5.41, 5.74) is 3.22. The first kappa shape index (κ1) is 28.8. The van der Waals surface area contributed by atoms with E-state index in [1.165, 1.54) is 88.4 Å². The molecule has 0 aromatic heterocycles. The molecule has 1 unspecified atom stereocenters. The highest BCUT2D eigenvalue weighted by Crippen LogP contribution is 2.34. The normalized spacial score (nSPS) is 11.7. The second-order valence-corrected chi connectivity index (χ2v) is 11.2. The molecule has 0 radical (unpaired) electrons. The Morgan fingerprint density at radius 2 is 1.32 bits per heavy atom. The maximum Gasteiger partial charge on any atom is 0.539 e. The molecule has 0 saturated heterocycles. The van der Waals surface area contributed by atoms with Crippen molar-refractivity contribution < 1.29 is 14.0 Å². The first-order chi connectivity index (χ1) is 15.1. The lowest BCUT2D eigenvalue weighted by Gasteiger charge is -2.12. The van der Waals surface area contributed by atoms with E-state index in [1.807, 2.05) is 30.4 Å². The van der Waals surface area contributed by atoms with Crippen molar-refractivity contribution in [2.45, 2.75) is 109 Å². The Morgan fingerprint density at radius 1 is 0.806 bits per heavy atom. The fraction of sp³-hybridized carbons (Fsp3) is 0.760. The van der Waals surface area contributed by atoms with Crippen LogP contribution in [0.5, 0.6) is 5.75 Å². The van der Waals surface area contributed by atoms with Crippen molar-refractivity contribution in [3.05, 3.63) is 28.8 Å². The molecule has 0 fully saturated rings. The van der Waals surface area contributed by atoms with Crippen molar-refractivity contribution in [2.75, 3.05) is 11.5 Å². The van der Waals surface area contributed by atoms with Gasteiger partial charge in [-0.1, -0.05) is 90.2 Å². The molecule has 0 spiro atoms. The first-order valence-electron chi connectivity index (χ1n) is 12.2. The summed E-state index contributed by atoms with van der Waals surface area (Å²) in [5, 5.41) is 0. The molecule has 1 rings (SSSR count). The van der Waals surface area contributed by atoms with E-state index in [-0.39, 0.29) is 0 Å². The van der Waals surface area contributed by atoms with Gasteiger partial charge in [0.1, 0.15) is 0 Å². The zero-order valence-electron chi connectivity index (χ0n) is 20.0. The number of aryl methyl sites for hydroxylation is 1. The number of benzene rings is 1. The van der Waals surface area contributed by atoms with Crippen LogP contribution >= 0.6 is 31.8 Å². The van der Waals surface area contributed by atoms with Crippen LogP contribution in [0.15, 0.2) is 12.1 Å². The van der Waals surface area contributed by atoms with Gasteiger partial charge in [-0.3, -0.25) is 4.52 Å². The average molecular weight is 487 g/mol. The Hall–Kier alpha value is -0.220. The highest BCUT2D eigenvalue weighted by atomic mass is 32.2. The lowest BCUT2D eigenvalue weighted by atomic mass is 10.1. The molecule has 0 amide bonds. The molecule has 6 heteroatoms. The Morgan fingerprint density at radius 3 is 1.87 bits per heavy atom. The van der Waals surface area contributed by atoms with Gasteiger partial charge in [-0.25, -0.2) is 0 Å². The third kappa shape index (κ3) is 14.5. The van der Waals surface area contributed by atoms with Crippen molar-refractivity contribution in [1.82, 2.24) is 0 Å². The highest BCUT2D eigenvalue weighted by molar-refractivity contribution is 7.98. The van der Waals surface area contributed by atoms with E-state index in [2.05, 4.69) is 26.0 Å². The highest BCUT2D eigenvalue weighted by Gasteiger charge is 2.16. The standard InChI is InChI=1S/C25H43O3PS2/c1-4-6-8-10-12-14-16-30-20-23-18-22(3)25(28-29(26)27)24(19-23)21-31-17-15-13-11-9-7-5-2/h18-19H,4-17,20-21H2,1-3H3. The molecular weight excluding hydrogens is 443 g/mol. The van der Waals surface area contributed by atoms with E-state index in [0.717, 1.165) is 28.4 Å². The molecule has 1 aromatic rings. The zero-order valence-corrected chi connectivity index (χ0v) is 22.5. The lowest BCUT2D eigenvalue weighted by Crippen LogP contribution is -2.00. The van der Waals surface area contributed by atoms with Crippen LogP contribution in [-0.2, 0) is 16.1 Å². The van der Waals surface area contributed by atoms with Crippen LogP contribution in [0.1, 0.15) is 108 Å². The number of thioether (sulfide) groups is 2. The van der Waals surface area contributed by atoms with Gasteiger partial charge in [0.05, 0.1) is 0 Å². The molecule has 0 N–H and O–H groups in total. The van der Waals surface area contributed by atoms with Crippen LogP contribution in [0.2, 0.25) is 0 Å². The number of unbranched alkanes of at least 4 members (excludes halogenated alkanes) is 10. The Balaban J connectivity index is 2.48. The fourth-order valence-electron chi connectivity index (χ4n) is 3.66. The van der Waals surface area contributed by atoms with E-state index < -0.39 is 8.25 Å². The minimum atomic E-state index is -2.89. The first-order valence-corrected chi connectivity index (χ1v) is 15.6. The summed E-state index contributed by atoms with van der Waals surface area (Å²) in [6.07, 6.45) is 15.8. The summed E-state index contributed by atoms with van der Waals surface area (Å²) in [4.78, 5) is 11.2. The number of rotatable bonds is 20. The van der Waals surface area contributed by atoms with Crippen LogP contribution in [0.4, 0.5) is 0 Å². The second-order valence-electron chi connectivity index (χ2n) is 8.36. The molecule has 1 aromatic carbocycles. The SMILES string of the molecule is CCCCCCCCSCc1cc(C)c(O[P+](=O)[O-])c(CSCCCCCCCC)c1. The van der Waals surface area contributed by atoms with E-state index >= 15 is 0 Å². The monoisotopic (exact) mass is 486 g/mol. The molecule has 1 atom stereocenters. The Kier molecular flexibility index (Phi) is 17.9. The predicted molar refractivity (Wildman–Crippen MR) is 138 cm³/mol. The minimum absolute atomic E-state index is 0.538. The molecule has 0 heterocycles. The summed E-state index contributed by atoms with van der Waals surface area (Å²) in [6.45, 7) is 6.46. The van der Waals surface area contributed by atoms with Crippen molar-refractivity contribution in [3.63, 3.8) is 0 Å². The van der Waals surface area contributed by atoms with Gasteiger partial charge < -0.3 is 4.89 Å². The minimum Gasteiger partial charge on any atom is -0.558 e. The molecular formula is C25H43O3PS2. The largest absolute Gasteiger partial charge is 0.558 e. The van der Waals surface area contributed by atoms with Gasteiger partial charge in [-0.15, -0.1) is 0 Å². The average Bonchev–Trinajstić information content (AvgIpc) is 2.74. The summed E-state index contributed by atoms with van der Waals surface area (Å²) in [5.74, 6) is 4.64. The Bertz CT molecular complexity index is 611. The molecule has 3 nitrogen and oxygen atoms in total. The van der Waals surface area contributed by atoms with Crippen molar-refractivity contribution in [2.24, 2.45) is 0 Å². The van der Waals surface area contributed by atoms with Gasteiger partial charge in [0.2, 0.25) is 0 Å². The molecule has 178 valence electrons. The van der Waals surface area contributed by atoms with Crippen molar-refractivity contribution >= 4 is 31.8 Å². The topological polar surface area (TPSA) is 49.4 Å². The van der Waals surface area contributed by atoms with Gasteiger partial charge in [-0.05, 0) is 47.0 Å². The van der Waals surface area contributed by atoms with Gasteiger partial charge >= 0.3 is 8.25 Å². The summed E-state index contributed by atoms with van der Waals surface area (Å²) >= 11 is 3.87. The second kappa shape index (κ2) is 19.3. The van der Waals surface area contributed by atoms with E-state index in [4.69, 9.17) is 4.52 Å². The zero-order chi connectivity index (χ0) is 22.7. The molecule has 0 aliphatic rings. The molecule has 0 bridgehead atoms. The lowest BCUT2D eigenvalue weighted by molar-refractivity contribution is -0.178. The van der Waals surface area contributed by atoms with Gasteiger partial charge in [0, 0.05) is 17.1 Å². The molecule has 0 aliphatic heterocycles. The smallest absolute Gasteiger partial charge is 0.539 e. The maximum absolute atomic E-state index is 11.2. The van der Waals surface area contributed by atoms with E-state index in [9.17, 15) is 9.46 Å². The summed E-state index contributed by atoms with van der Waals surface area (Å²) < 4.78 is 16.4. The van der Waals surface area contributed by atoms with E-state index in [0.29, 0.717) is 5.75 Å². The van der Waals surface area contributed by atoms with E-state index in [1.54, 1.807) is 0 Å². The van der Waals surface area contributed by atoms with Crippen LogP contribution in [0.3, 0.4) is 0 Å². The van der Waals surface area contributed by atoms with Gasteiger partial charge in [-0.2, -0.15) is 23.5 Å². The van der Waals surface area contributed by atoms with Crippen molar-refractivity contribution in [1.29, 1.82) is 0 Å².